The Morgan fingerprint density at radius 2 is 2.24 bits per heavy atom. The number of ether oxygens (including phenoxy) is 1. The van der Waals surface area contributed by atoms with E-state index in [1.807, 2.05) is 31.3 Å². The summed E-state index contributed by atoms with van der Waals surface area (Å²) in [5.74, 6) is 0.918. The molecule has 0 bridgehead atoms. The lowest BCUT2D eigenvalue weighted by Crippen LogP contribution is -2.36. The van der Waals surface area contributed by atoms with Crippen molar-refractivity contribution in [2.24, 2.45) is 5.73 Å². The molecular formula is C15H21N3O2S. The predicted octanol–water partition coefficient (Wildman–Crippen LogP) is 0.864. The molecule has 2 N–H and O–H groups in total. The number of carbonyl (C=O) groups excluding carboxylic acids is 1. The van der Waals surface area contributed by atoms with E-state index >= 15 is 0 Å². The Morgan fingerprint density at radius 1 is 1.43 bits per heavy atom. The predicted molar refractivity (Wildman–Crippen MR) is 86.5 cm³/mol. The maximum absolute atomic E-state index is 11.8. The molecule has 0 aromatic heterocycles. The van der Waals surface area contributed by atoms with E-state index in [4.69, 9.17) is 22.7 Å². The third-order valence-electron chi connectivity index (χ3n) is 3.55. The lowest BCUT2D eigenvalue weighted by molar-refractivity contribution is -0.129. The first-order chi connectivity index (χ1) is 10.1. The molecule has 114 valence electrons. The van der Waals surface area contributed by atoms with E-state index in [-0.39, 0.29) is 5.91 Å². The summed E-state index contributed by atoms with van der Waals surface area (Å²) in [6.07, 6.45) is 0.999. The lowest BCUT2D eigenvalue weighted by atomic mass is 10.2. The van der Waals surface area contributed by atoms with Gasteiger partial charge >= 0.3 is 0 Å². The van der Waals surface area contributed by atoms with Gasteiger partial charge in [0.05, 0.1) is 6.54 Å². The van der Waals surface area contributed by atoms with Crippen LogP contribution in [-0.4, -0.2) is 60.5 Å². The van der Waals surface area contributed by atoms with Crippen LogP contribution in [0.4, 0.5) is 0 Å². The molecule has 21 heavy (non-hydrogen) atoms. The molecule has 1 saturated heterocycles. The summed E-state index contributed by atoms with van der Waals surface area (Å²) in [5, 5.41) is 0. The highest BCUT2D eigenvalue weighted by molar-refractivity contribution is 7.80. The molecule has 1 aliphatic rings. The van der Waals surface area contributed by atoms with Gasteiger partial charge in [-0.1, -0.05) is 24.4 Å². The molecule has 5 nitrogen and oxygen atoms in total. The normalized spacial score (nSPS) is 16.6. The molecule has 0 spiro atoms. The lowest BCUT2D eigenvalue weighted by Gasteiger charge is -2.19. The molecule has 0 radical (unpaired) electrons. The third-order valence-corrected chi connectivity index (χ3v) is 3.78. The Morgan fingerprint density at radius 3 is 3.00 bits per heavy atom. The van der Waals surface area contributed by atoms with Crippen molar-refractivity contribution < 1.29 is 9.53 Å². The van der Waals surface area contributed by atoms with E-state index < -0.39 is 0 Å². The first-order valence-electron chi connectivity index (χ1n) is 7.05. The number of amides is 1. The van der Waals surface area contributed by atoms with Crippen LogP contribution in [0.5, 0.6) is 5.75 Å². The van der Waals surface area contributed by atoms with Crippen LogP contribution < -0.4 is 10.5 Å². The molecule has 1 aromatic carbocycles. The second-order valence-electron chi connectivity index (χ2n) is 5.19. The number of carbonyl (C=O) groups is 1. The zero-order valence-corrected chi connectivity index (χ0v) is 13.1. The van der Waals surface area contributed by atoms with Gasteiger partial charge in [0.15, 0.2) is 0 Å². The van der Waals surface area contributed by atoms with Crippen LogP contribution in [0.25, 0.3) is 0 Å². The number of hydrogen-bond acceptors (Lipinski definition) is 4. The second-order valence-corrected chi connectivity index (χ2v) is 5.63. The number of likely N-dealkylation sites (N-methyl/N-ethyl adjacent to an activating group) is 1. The summed E-state index contributed by atoms with van der Waals surface area (Å²) in [6.45, 7) is 3.49. The van der Waals surface area contributed by atoms with Crippen LogP contribution >= 0.6 is 12.2 Å². The Labute approximate surface area is 130 Å². The number of nitrogens with two attached hydrogens (primary N) is 1. The van der Waals surface area contributed by atoms with Crippen LogP contribution in [0.3, 0.4) is 0 Å². The minimum absolute atomic E-state index is 0.169. The topological polar surface area (TPSA) is 58.8 Å². The zero-order valence-electron chi connectivity index (χ0n) is 12.2. The molecule has 1 amide bonds. The molecule has 0 unspecified atom stereocenters. The van der Waals surface area contributed by atoms with Crippen LogP contribution in [0.15, 0.2) is 24.3 Å². The van der Waals surface area contributed by atoms with Crippen molar-refractivity contribution in [3.05, 3.63) is 29.8 Å². The first-order valence-corrected chi connectivity index (χ1v) is 7.46. The molecule has 1 heterocycles. The number of thiocarbonyl (C=S) groups is 1. The summed E-state index contributed by atoms with van der Waals surface area (Å²) in [5.41, 5.74) is 6.40. The number of rotatable bonds is 5. The smallest absolute Gasteiger partial charge is 0.236 e. The quantitative estimate of drug-likeness (QED) is 0.818. The largest absolute Gasteiger partial charge is 0.492 e. The Kier molecular flexibility index (Phi) is 5.52. The summed E-state index contributed by atoms with van der Waals surface area (Å²) >= 11 is 4.95. The average molecular weight is 307 g/mol. The fourth-order valence-corrected chi connectivity index (χ4v) is 2.40. The molecule has 0 atom stereocenters. The van der Waals surface area contributed by atoms with Crippen molar-refractivity contribution in [2.75, 3.05) is 39.8 Å². The fourth-order valence-electron chi connectivity index (χ4n) is 2.27. The van der Waals surface area contributed by atoms with Gasteiger partial charge in [-0.3, -0.25) is 9.69 Å². The van der Waals surface area contributed by atoms with E-state index in [0.29, 0.717) is 18.1 Å². The van der Waals surface area contributed by atoms with Crippen molar-refractivity contribution in [2.45, 2.75) is 6.42 Å². The highest BCUT2D eigenvalue weighted by Gasteiger charge is 2.18. The second kappa shape index (κ2) is 7.38. The Balaban J connectivity index is 1.82. The minimum atomic E-state index is 0.169. The van der Waals surface area contributed by atoms with Crippen molar-refractivity contribution >= 4 is 23.1 Å². The molecule has 1 aliphatic heterocycles. The average Bonchev–Trinajstić information content (AvgIpc) is 2.61. The standard InChI is InChI=1S/C15H21N3O2S/c1-17-6-3-7-18(11-14(17)19)8-9-20-13-5-2-4-12(10-13)15(16)21/h2,4-5,10H,3,6-9,11H2,1H3,(H2,16,21). The maximum atomic E-state index is 11.8. The fraction of sp³-hybridized carbons (Fsp3) is 0.467. The van der Waals surface area contributed by atoms with Gasteiger partial charge in [-0.2, -0.15) is 0 Å². The maximum Gasteiger partial charge on any atom is 0.236 e. The van der Waals surface area contributed by atoms with E-state index in [1.165, 1.54) is 0 Å². The molecule has 0 saturated carbocycles. The van der Waals surface area contributed by atoms with Gasteiger partial charge in [-0.15, -0.1) is 0 Å². The van der Waals surface area contributed by atoms with Crippen molar-refractivity contribution in [3.8, 4) is 5.75 Å². The Bertz CT molecular complexity index is 521. The van der Waals surface area contributed by atoms with E-state index in [1.54, 1.807) is 4.90 Å². The summed E-state index contributed by atoms with van der Waals surface area (Å²) in [6, 6.07) is 7.44. The molecule has 1 fully saturated rings. The monoisotopic (exact) mass is 307 g/mol. The van der Waals surface area contributed by atoms with E-state index in [9.17, 15) is 4.79 Å². The van der Waals surface area contributed by atoms with Crippen molar-refractivity contribution in [1.29, 1.82) is 0 Å². The van der Waals surface area contributed by atoms with Gasteiger partial charge < -0.3 is 15.4 Å². The van der Waals surface area contributed by atoms with Gasteiger partial charge in [0.2, 0.25) is 5.91 Å². The van der Waals surface area contributed by atoms with Gasteiger partial charge in [0.25, 0.3) is 0 Å². The number of nitrogens with zero attached hydrogens (tertiary/aromatic N) is 2. The minimum Gasteiger partial charge on any atom is -0.492 e. The molecule has 6 heteroatoms. The molecular weight excluding hydrogens is 286 g/mol. The SMILES string of the molecule is CN1CCCN(CCOc2cccc(C(N)=S)c2)CC1=O. The van der Waals surface area contributed by atoms with Gasteiger partial charge in [-0.05, 0) is 18.6 Å². The van der Waals surface area contributed by atoms with Gasteiger partial charge in [0.1, 0.15) is 17.3 Å². The number of hydrogen-bond donors (Lipinski definition) is 1. The van der Waals surface area contributed by atoms with Crippen LogP contribution in [0.2, 0.25) is 0 Å². The highest BCUT2D eigenvalue weighted by Crippen LogP contribution is 2.13. The summed E-state index contributed by atoms with van der Waals surface area (Å²) < 4.78 is 5.72. The molecule has 2 rings (SSSR count). The summed E-state index contributed by atoms with van der Waals surface area (Å²) in [4.78, 5) is 16.1. The van der Waals surface area contributed by atoms with Crippen molar-refractivity contribution in [1.82, 2.24) is 9.80 Å². The first kappa shape index (κ1) is 15.7. The van der Waals surface area contributed by atoms with E-state index in [0.717, 1.165) is 37.4 Å². The number of benzene rings is 1. The van der Waals surface area contributed by atoms with Crippen LogP contribution in [0.1, 0.15) is 12.0 Å². The molecule has 0 aliphatic carbocycles. The van der Waals surface area contributed by atoms with E-state index in [2.05, 4.69) is 4.90 Å². The van der Waals surface area contributed by atoms with Gasteiger partial charge in [-0.25, -0.2) is 0 Å². The van der Waals surface area contributed by atoms with Crippen molar-refractivity contribution in [3.63, 3.8) is 0 Å². The summed E-state index contributed by atoms with van der Waals surface area (Å²) in [7, 11) is 1.85. The third kappa shape index (κ3) is 4.68. The van der Waals surface area contributed by atoms with Crippen LogP contribution in [0, 0.1) is 0 Å². The Hall–Kier alpha value is -1.66. The highest BCUT2D eigenvalue weighted by atomic mass is 32.1. The molecule has 1 aromatic rings. The van der Waals surface area contributed by atoms with Gasteiger partial charge in [0, 0.05) is 32.2 Å². The van der Waals surface area contributed by atoms with Crippen LogP contribution in [-0.2, 0) is 4.79 Å². The zero-order chi connectivity index (χ0) is 15.2.